The van der Waals surface area contributed by atoms with Gasteiger partial charge in [0.1, 0.15) is 9.90 Å². The molecule has 0 saturated heterocycles. The highest BCUT2D eigenvalue weighted by Crippen LogP contribution is 2.41. The van der Waals surface area contributed by atoms with E-state index in [2.05, 4.69) is 9.69 Å². The van der Waals surface area contributed by atoms with Crippen LogP contribution in [-0.4, -0.2) is 35.3 Å². The average Bonchev–Trinajstić information content (AvgIpc) is 3.18. The predicted molar refractivity (Wildman–Crippen MR) is 78.6 cm³/mol. The van der Waals surface area contributed by atoms with E-state index in [1.807, 2.05) is 0 Å². The monoisotopic (exact) mass is 317 g/mol. The molecule has 6 nitrogen and oxygen atoms in total. The molecule has 1 heterocycles. The predicted octanol–water partition coefficient (Wildman–Crippen LogP) is 1.38. The molecule has 4 N–H and O–H groups in total. The first-order chi connectivity index (χ1) is 9.48. The summed E-state index contributed by atoms with van der Waals surface area (Å²) in [7, 11) is -3.33. The summed E-state index contributed by atoms with van der Waals surface area (Å²) in [6, 6.07) is 0.186. The van der Waals surface area contributed by atoms with E-state index in [0.717, 1.165) is 37.2 Å². The molecule has 1 aromatic rings. The first kappa shape index (κ1) is 14.1. The molecular weight excluding hydrogens is 298 g/mol. The number of hydrogen-bond acceptors (Lipinski definition) is 7. The van der Waals surface area contributed by atoms with Crippen LogP contribution in [0.2, 0.25) is 0 Å². The first-order valence-corrected chi connectivity index (χ1v) is 9.24. The maximum Gasteiger partial charge on any atom is 0.187 e. The number of sulfone groups is 1. The van der Waals surface area contributed by atoms with Gasteiger partial charge in [-0.15, -0.1) is 0 Å². The van der Waals surface area contributed by atoms with Gasteiger partial charge >= 0.3 is 0 Å². The van der Waals surface area contributed by atoms with Crippen molar-refractivity contribution in [3.05, 3.63) is 0 Å². The molecule has 0 bridgehead atoms. The lowest BCUT2D eigenvalue weighted by atomic mass is 9.93. The normalized spacial score (nSPS) is 27.4. The molecule has 2 saturated carbocycles. The van der Waals surface area contributed by atoms with Crippen LogP contribution in [0, 0.1) is 0 Å². The molecule has 112 valence electrons. The maximum atomic E-state index is 12.4. The van der Waals surface area contributed by atoms with Gasteiger partial charge in [-0.2, -0.15) is 4.37 Å². The van der Waals surface area contributed by atoms with Gasteiger partial charge in [0.05, 0.1) is 11.4 Å². The minimum atomic E-state index is -3.33. The van der Waals surface area contributed by atoms with E-state index in [4.69, 9.17) is 5.73 Å². The van der Waals surface area contributed by atoms with Crippen molar-refractivity contribution in [1.29, 1.82) is 0 Å². The molecule has 2 aliphatic carbocycles. The van der Waals surface area contributed by atoms with Gasteiger partial charge in [0, 0.05) is 6.04 Å². The van der Waals surface area contributed by atoms with Gasteiger partial charge in [0.2, 0.25) is 0 Å². The molecule has 0 unspecified atom stereocenters. The molecular formula is C12H19N3O3S2. The fourth-order valence-electron chi connectivity index (χ4n) is 2.61. The fraction of sp³-hybridized carbons (Fsp3) is 0.750. The van der Waals surface area contributed by atoms with E-state index in [1.165, 1.54) is 0 Å². The molecule has 0 radical (unpaired) electrons. The maximum absolute atomic E-state index is 12.4. The van der Waals surface area contributed by atoms with Gasteiger partial charge in [0.25, 0.3) is 0 Å². The summed E-state index contributed by atoms with van der Waals surface area (Å²) in [6.07, 6.45) is 4.37. The van der Waals surface area contributed by atoms with E-state index in [0.29, 0.717) is 17.8 Å². The van der Waals surface area contributed by atoms with Gasteiger partial charge in [-0.3, -0.25) is 0 Å². The Morgan fingerprint density at radius 3 is 2.45 bits per heavy atom. The molecule has 0 aromatic carbocycles. The topological polar surface area (TPSA) is 105 Å². The van der Waals surface area contributed by atoms with E-state index < -0.39 is 9.84 Å². The zero-order chi connectivity index (χ0) is 14.3. The third-order valence-corrected chi connectivity index (χ3v) is 7.21. The minimum absolute atomic E-state index is 0.111. The molecule has 2 fully saturated rings. The Morgan fingerprint density at radius 2 is 1.85 bits per heavy atom. The second-order valence-corrected chi connectivity index (χ2v) is 8.56. The van der Waals surface area contributed by atoms with E-state index in [9.17, 15) is 13.5 Å². The molecule has 0 spiro atoms. The van der Waals surface area contributed by atoms with Gasteiger partial charge in [-0.05, 0) is 50.1 Å². The number of rotatable bonds is 4. The third-order valence-electron chi connectivity index (χ3n) is 3.95. The number of nitrogens with zero attached hydrogens (tertiary/aromatic N) is 1. The highest BCUT2D eigenvalue weighted by atomic mass is 32.2. The largest absolute Gasteiger partial charge is 0.393 e. The van der Waals surface area contributed by atoms with Crippen molar-refractivity contribution >= 4 is 32.2 Å². The lowest BCUT2D eigenvalue weighted by Crippen LogP contribution is -2.28. The number of aliphatic hydroxyl groups is 1. The van der Waals surface area contributed by atoms with Crippen LogP contribution in [-0.2, 0) is 9.84 Å². The highest BCUT2D eigenvalue weighted by molar-refractivity contribution is 7.92. The second kappa shape index (κ2) is 5.16. The summed E-state index contributed by atoms with van der Waals surface area (Å²) >= 11 is 1.11. The van der Waals surface area contributed by atoms with Crippen LogP contribution >= 0.6 is 11.5 Å². The molecule has 0 atom stereocenters. The smallest absolute Gasteiger partial charge is 0.187 e. The van der Waals surface area contributed by atoms with Gasteiger partial charge < -0.3 is 16.2 Å². The Morgan fingerprint density at radius 1 is 1.20 bits per heavy atom. The molecule has 8 heteroatoms. The number of nitrogens with one attached hydrogen (secondary N) is 1. The zero-order valence-electron chi connectivity index (χ0n) is 11.1. The summed E-state index contributed by atoms with van der Waals surface area (Å²) in [5, 5.41) is 13.1. The first-order valence-electron chi connectivity index (χ1n) is 6.92. The molecule has 2 aliphatic rings. The number of aromatic nitrogens is 1. The van der Waals surface area contributed by atoms with Crippen molar-refractivity contribution in [3.8, 4) is 0 Å². The molecule has 0 amide bonds. The Balaban J connectivity index is 1.80. The Bertz CT molecular complexity index is 587. The summed E-state index contributed by atoms with van der Waals surface area (Å²) in [5.41, 5.74) is 5.76. The standard InChI is InChI=1S/C12H19N3O3S2/c13-11-10(20(17,18)9-5-6-9)12(19-15-11)14-7-1-3-8(16)4-2-7/h7-9,14,16H,1-6H2,(H2,13,15). The average molecular weight is 317 g/mol. The SMILES string of the molecule is Nc1nsc(NC2CCC(O)CC2)c1S(=O)(=O)C1CC1. The minimum Gasteiger partial charge on any atom is -0.393 e. The van der Waals surface area contributed by atoms with Gasteiger partial charge in [-0.25, -0.2) is 8.42 Å². The Labute approximate surface area is 122 Å². The summed E-state index contributed by atoms with van der Waals surface area (Å²) < 4.78 is 28.8. The lowest BCUT2D eigenvalue weighted by molar-refractivity contribution is 0.126. The Kier molecular flexibility index (Phi) is 3.64. The number of aliphatic hydroxyl groups excluding tert-OH is 1. The molecule has 20 heavy (non-hydrogen) atoms. The van der Waals surface area contributed by atoms with Crippen molar-refractivity contribution in [2.75, 3.05) is 11.1 Å². The molecule has 0 aliphatic heterocycles. The number of anilines is 2. The molecule has 3 rings (SSSR count). The number of hydrogen-bond donors (Lipinski definition) is 3. The summed E-state index contributed by atoms with van der Waals surface area (Å²) in [6.45, 7) is 0. The van der Waals surface area contributed by atoms with Crippen molar-refractivity contribution in [2.45, 2.75) is 60.8 Å². The highest BCUT2D eigenvalue weighted by Gasteiger charge is 2.41. The van der Waals surface area contributed by atoms with Crippen molar-refractivity contribution in [1.82, 2.24) is 4.37 Å². The third kappa shape index (κ3) is 2.64. The van der Waals surface area contributed by atoms with Crippen molar-refractivity contribution in [2.24, 2.45) is 0 Å². The van der Waals surface area contributed by atoms with Crippen LogP contribution in [0.5, 0.6) is 0 Å². The Hall–Kier alpha value is -0.860. The fourth-order valence-corrected chi connectivity index (χ4v) is 5.56. The van der Waals surface area contributed by atoms with Gasteiger partial charge in [0.15, 0.2) is 15.7 Å². The number of nitrogens with two attached hydrogens (primary N) is 1. The van der Waals surface area contributed by atoms with Crippen LogP contribution in [0.1, 0.15) is 38.5 Å². The summed E-state index contributed by atoms with van der Waals surface area (Å²) in [5.74, 6) is 0.111. The zero-order valence-corrected chi connectivity index (χ0v) is 12.7. The quantitative estimate of drug-likeness (QED) is 0.775. The van der Waals surface area contributed by atoms with Crippen molar-refractivity contribution in [3.63, 3.8) is 0 Å². The van der Waals surface area contributed by atoms with Crippen LogP contribution in [0.3, 0.4) is 0 Å². The van der Waals surface area contributed by atoms with E-state index in [-0.39, 0.29) is 28.1 Å². The van der Waals surface area contributed by atoms with Crippen LogP contribution in [0.15, 0.2) is 4.90 Å². The second-order valence-electron chi connectivity index (χ2n) is 5.62. The van der Waals surface area contributed by atoms with Crippen LogP contribution in [0.4, 0.5) is 10.8 Å². The van der Waals surface area contributed by atoms with Gasteiger partial charge in [-0.1, -0.05) is 0 Å². The van der Waals surface area contributed by atoms with Crippen LogP contribution in [0.25, 0.3) is 0 Å². The van der Waals surface area contributed by atoms with E-state index in [1.54, 1.807) is 0 Å². The van der Waals surface area contributed by atoms with Crippen molar-refractivity contribution < 1.29 is 13.5 Å². The van der Waals surface area contributed by atoms with Crippen LogP contribution < -0.4 is 11.1 Å². The summed E-state index contributed by atoms with van der Waals surface area (Å²) in [4.78, 5) is 0.191. The number of nitrogen functional groups attached to an aromatic ring is 1. The van der Waals surface area contributed by atoms with E-state index >= 15 is 0 Å². The lowest BCUT2D eigenvalue weighted by Gasteiger charge is -2.26. The molecule has 1 aromatic heterocycles.